The van der Waals surface area contributed by atoms with Gasteiger partial charge in [-0.2, -0.15) is 0 Å². The normalized spacial score (nSPS) is 21.5. The summed E-state index contributed by atoms with van der Waals surface area (Å²) in [6, 6.07) is 7.03. The summed E-state index contributed by atoms with van der Waals surface area (Å²) in [5.74, 6) is 3.38. The van der Waals surface area contributed by atoms with E-state index < -0.39 is 0 Å². The topological polar surface area (TPSA) is 61.4 Å². The van der Waals surface area contributed by atoms with E-state index in [0.717, 1.165) is 61.5 Å². The highest BCUT2D eigenvalue weighted by molar-refractivity contribution is 14.0. The van der Waals surface area contributed by atoms with Crippen LogP contribution in [0.3, 0.4) is 0 Å². The zero-order valence-corrected chi connectivity index (χ0v) is 22.7. The Bertz CT molecular complexity index is 702. The molecule has 0 radical (unpaired) electrons. The summed E-state index contributed by atoms with van der Waals surface area (Å²) in [4.78, 5) is 9.47. The molecule has 2 unspecified atom stereocenters. The second-order valence-corrected chi connectivity index (χ2v) is 9.02. The molecule has 182 valence electrons. The smallest absolute Gasteiger partial charge is 0.191 e. The molecule has 8 heteroatoms. The predicted molar refractivity (Wildman–Crippen MR) is 144 cm³/mol. The van der Waals surface area contributed by atoms with E-state index in [1.54, 1.807) is 14.2 Å². The maximum Gasteiger partial charge on any atom is 0.191 e. The molecule has 2 N–H and O–H groups in total. The van der Waals surface area contributed by atoms with E-state index in [9.17, 15) is 0 Å². The first-order valence-corrected chi connectivity index (χ1v) is 11.7. The van der Waals surface area contributed by atoms with Gasteiger partial charge in [-0.05, 0) is 45.1 Å². The maximum absolute atomic E-state index is 5.43. The van der Waals surface area contributed by atoms with Gasteiger partial charge in [-0.1, -0.05) is 6.92 Å². The first-order chi connectivity index (χ1) is 15.0. The van der Waals surface area contributed by atoms with Crippen molar-refractivity contribution < 1.29 is 9.47 Å². The van der Waals surface area contributed by atoms with E-state index in [4.69, 9.17) is 9.47 Å². The van der Waals surface area contributed by atoms with Gasteiger partial charge in [-0.25, -0.2) is 0 Å². The number of piperidine rings is 2. The van der Waals surface area contributed by atoms with Crippen LogP contribution in [0, 0.1) is 5.92 Å². The Labute approximate surface area is 211 Å². The molecule has 0 amide bonds. The van der Waals surface area contributed by atoms with Gasteiger partial charge in [0.25, 0.3) is 0 Å². The summed E-state index contributed by atoms with van der Waals surface area (Å²) in [6.45, 7) is 10.0. The molecule has 3 rings (SSSR count). The van der Waals surface area contributed by atoms with Crippen molar-refractivity contribution >= 4 is 35.6 Å². The third-order valence-corrected chi connectivity index (χ3v) is 6.64. The van der Waals surface area contributed by atoms with E-state index in [0.29, 0.717) is 12.1 Å². The number of likely N-dealkylation sites (tertiary alicyclic amines) is 1. The van der Waals surface area contributed by atoms with Gasteiger partial charge in [0.05, 0.1) is 14.2 Å². The molecule has 2 atom stereocenters. The lowest BCUT2D eigenvalue weighted by molar-refractivity contribution is 0.139. The molecule has 0 bridgehead atoms. The van der Waals surface area contributed by atoms with Crippen molar-refractivity contribution in [3.63, 3.8) is 0 Å². The Morgan fingerprint density at radius 2 is 1.75 bits per heavy atom. The third-order valence-electron chi connectivity index (χ3n) is 6.64. The molecule has 2 aliphatic rings. The van der Waals surface area contributed by atoms with E-state index in [1.165, 1.54) is 25.9 Å². The SMILES string of the molecule is CN=C(NCC(C)N1CCCC(C)C1)NC1CCN(c2cc(OC)cc(OC)c2)CC1.I. The fourth-order valence-corrected chi connectivity index (χ4v) is 4.64. The van der Waals surface area contributed by atoms with Crippen molar-refractivity contribution in [3.8, 4) is 11.5 Å². The highest BCUT2D eigenvalue weighted by atomic mass is 127. The Kier molecular flexibility index (Phi) is 11.2. The zero-order valence-electron chi connectivity index (χ0n) is 20.4. The van der Waals surface area contributed by atoms with E-state index in [-0.39, 0.29) is 24.0 Å². The van der Waals surface area contributed by atoms with Gasteiger partial charge in [0, 0.05) is 69.2 Å². The molecule has 0 aliphatic carbocycles. The molecule has 1 aromatic rings. The number of aliphatic imine (C=N–C) groups is 1. The van der Waals surface area contributed by atoms with Crippen molar-refractivity contribution in [2.45, 2.75) is 51.6 Å². The number of halogens is 1. The number of methoxy groups -OCH3 is 2. The Morgan fingerprint density at radius 1 is 1.09 bits per heavy atom. The van der Waals surface area contributed by atoms with Crippen LogP contribution in [-0.2, 0) is 0 Å². The van der Waals surface area contributed by atoms with Gasteiger partial charge >= 0.3 is 0 Å². The van der Waals surface area contributed by atoms with Crippen molar-refractivity contribution in [1.29, 1.82) is 0 Å². The van der Waals surface area contributed by atoms with Gasteiger partial charge in [-0.15, -0.1) is 24.0 Å². The monoisotopic (exact) mass is 559 g/mol. The van der Waals surface area contributed by atoms with Crippen LogP contribution in [0.1, 0.15) is 39.5 Å². The minimum Gasteiger partial charge on any atom is -0.497 e. The number of nitrogens with zero attached hydrogens (tertiary/aromatic N) is 3. The van der Waals surface area contributed by atoms with Gasteiger partial charge < -0.3 is 25.0 Å². The van der Waals surface area contributed by atoms with Crippen molar-refractivity contribution in [3.05, 3.63) is 18.2 Å². The van der Waals surface area contributed by atoms with E-state index in [1.807, 2.05) is 13.1 Å². The Balaban J connectivity index is 0.00000363. The summed E-state index contributed by atoms with van der Waals surface area (Å²) in [5.41, 5.74) is 1.15. The summed E-state index contributed by atoms with van der Waals surface area (Å²) in [7, 11) is 5.25. The number of rotatable bonds is 7. The van der Waals surface area contributed by atoms with Gasteiger partial charge in [-0.3, -0.25) is 9.89 Å². The van der Waals surface area contributed by atoms with Gasteiger partial charge in [0.15, 0.2) is 5.96 Å². The summed E-state index contributed by atoms with van der Waals surface area (Å²) in [6.07, 6.45) is 4.82. The number of ether oxygens (including phenoxy) is 2. The Morgan fingerprint density at radius 3 is 2.31 bits per heavy atom. The van der Waals surface area contributed by atoms with Crippen LogP contribution < -0.4 is 25.0 Å². The number of guanidine groups is 1. The molecule has 32 heavy (non-hydrogen) atoms. The molecule has 2 saturated heterocycles. The zero-order chi connectivity index (χ0) is 22.2. The number of hydrogen-bond donors (Lipinski definition) is 2. The predicted octanol–water partition coefficient (Wildman–Crippen LogP) is 3.58. The molecule has 0 aromatic heterocycles. The lowest BCUT2D eigenvalue weighted by Crippen LogP contribution is -2.52. The summed E-state index contributed by atoms with van der Waals surface area (Å²) >= 11 is 0. The summed E-state index contributed by atoms with van der Waals surface area (Å²) < 4.78 is 10.9. The number of hydrogen-bond acceptors (Lipinski definition) is 5. The lowest BCUT2D eigenvalue weighted by atomic mass is 9.99. The lowest BCUT2D eigenvalue weighted by Gasteiger charge is -2.36. The highest BCUT2D eigenvalue weighted by Gasteiger charge is 2.23. The molecule has 0 spiro atoms. The largest absolute Gasteiger partial charge is 0.497 e. The maximum atomic E-state index is 5.43. The van der Waals surface area contributed by atoms with Crippen molar-refractivity contribution in [1.82, 2.24) is 15.5 Å². The molecule has 1 aromatic carbocycles. The van der Waals surface area contributed by atoms with E-state index >= 15 is 0 Å². The van der Waals surface area contributed by atoms with Crippen LogP contribution >= 0.6 is 24.0 Å². The van der Waals surface area contributed by atoms with Crippen LogP contribution in [-0.4, -0.2) is 76.9 Å². The molecule has 2 fully saturated rings. The van der Waals surface area contributed by atoms with Crippen molar-refractivity contribution in [2.75, 3.05) is 58.9 Å². The molecule has 7 nitrogen and oxygen atoms in total. The van der Waals surface area contributed by atoms with Crippen molar-refractivity contribution in [2.24, 2.45) is 10.9 Å². The fourth-order valence-electron chi connectivity index (χ4n) is 4.64. The van der Waals surface area contributed by atoms with Crippen LogP contribution in [0.2, 0.25) is 0 Å². The van der Waals surface area contributed by atoms with Gasteiger partial charge in [0.1, 0.15) is 11.5 Å². The Hall–Kier alpha value is -1.42. The van der Waals surface area contributed by atoms with Gasteiger partial charge in [0.2, 0.25) is 0 Å². The molecule has 2 aliphatic heterocycles. The van der Waals surface area contributed by atoms with Crippen LogP contribution in [0.5, 0.6) is 11.5 Å². The summed E-state index contributed by atoms with van der Waals surface area (Å²) in [5, 5.41) is 7.19. The van der Waals surface area contributed by atoms with Crippen LogP contribution in [0.25, 0.3) is 0 Å². The third kappa shape index (κ3) is 7.57. The second-order valence-electron chi connectivity index (χ2n) is 9.02. The average molecular weight is 560 g/mol. The average Bonchev–Trinajstić information content (AvgIpc) is 2.81. The fraction of sp³-hybridized carbons (Fsp3) is 0.708. The van der Waals surface area contributed by atoms with Crippen LogP contribution in [0.4, 0.5) is 5.69 Å². The number of nitrogens with one attached hydrogen (secondary N) is 2. The number of anilines is 1. The quantitative estimate of drug-likeness (QED) is 0.303. The minimum absolute atomic E-state index is 0. The second kappa shape index (κ2) is 13.3. The van der Waals surface area contributed by atoms with E-state index in [2.05, 4.69) is 51.4 Å². The molecular weight excluding hydrogens is 517 g/mol. The number of benzene rings is 1. The molecule has 2 heterocycles. The first kappa shape index (κ1) is 26.8. The highest BCUT2D eigenvalue weighted by Crippen LogP contribution is 2.30. The minimum atomic E-state index is 0. The van der Waals surface area contributed by atoms with Crippen LogP contribution in [0.15, 0.2) is 23.2 Å². The molecular formula is C24H42IN5O2. The standard InChI is InChI=1S/C24H41N5O2.HI/c1-18-7-6-10-29(17-18)19(2)16-26-24(25-3)27-20-8-11-28(12-9-20)21-13-22(30-4)15-23(14-21)31-5;/h13-15,18-20H,6-12,16-17H2,1-5H3,(H2,25,26,27);1H. The molecule has 0 saturated carbocycles. The first-order valence-electron chi connectivity index (χ1n) is 11.7.